The van der Waals surface area contributed by atoms with Crippen LogP contribution in [0.2, 0.25) is 0 Å². The number of imide groups is 2. The zero-order chi connectivity index (χ0) is 24.5. The Morgan fingerprint density at radius 3 is 1.63 bits per heavy atom. The van der Waals surface area contributed by atoms with Crippen molar-refractivity contribution in [2.45, 2.75) is 12.5 Å². The predicted octanol–water partition coefficient (Wildman–Crippen LogP) is 2.73. The van der Waals surface area contributed by atoms with E-state index in [0.29, 0.717) is 11.1 Å². The van der Waals surface area contributed by atoms with Gasteiger partial charge >= 0.3 is 5.97 Å². The second kappa shape index (κ2) is 8.98. The van der Waals surface area contributed by atoms with Crippen molar-refractivity contribution >= 4 is 29.6 Å². The largest absolute Gasteiger partial charge is 0.462 e. The van der Waals surface area contributed by atoms with Crippen LogP contribution in [-0.4, -0.2) is 58.6 Å². The number of amides is 4. The van der Waals surface area contributed by atoms with E-state index in [2.05, 4.69) is 0 Å². The fraction of sp³-hybridized carbons (Fsp3) is 0.148. The maximum atomic E-state index is 13.2. The smallest absolute Gasteiger partial charge is 0.329 e. The van der Waals surface area contributed by atoms with Crippen LogP contribution in [0.1, 0.15) is 47.0 Å². The van der Waals surface area contributed by atoms with Gasteiger partial charge in [0.25, 0.3) is 23.6 Å². The minimum Gasteiger partial charge on any atom is -0.462 e. The minimum atomic E-state index is -1.20. The highest BCUT2D eigenvalue weighted by molar-refractivity contribution is 6.23. The molecular formula is C27H20N2O6. The van der Waals surface area contributed by atoms with Gasteiger partial charge in [0, 0.05) is 6.42 Å². The molecular weight excluding hydrogens is 448 g/mol. The second-order valence-electron chi connectivity index (χ2n) is 8.21. The summed E-state index contributed by atoms with van der Waals surface area (Å²) in [4.78, 5) is 66.3. The van der Waals surface area contributed by atoms with E-state index in [0.717, 1.165) is 15.4 Å². The highest BCUT2D eigenvalue weighted by Gasteiger charge is 2.43. The molecule has 0 saturated carbocycles. The number of esters is 1. The fourth-order valence-electron chi connectivity index (χ4n) is 4.38. The first kappa shape index (κ1) is 22.2. The Balaban J connectivity index is 1.33. The van der Waals surface area contributed by atoms with Gasteiger partial charge in [0.1, 0.15) is 12.6 Å². The average Bonchev–Trinajstić information content (AvgIpc) is 3.28. The first-order chi connectivity index (χ1) is 17.0. The summed E-state index contributed by atoms with van der Waals surface area (Å²) >= 11 is 0. The Hall–Kier alpha value is -4.59. The van der Waals surface area contributed by atoms with Crippen LogP contribution in [0, 0.1) is 0 Å². The molecule has 3 aromatic carbocycles. The summed E-state index contributed by atoms with van der Waals surface area (Å²) in [6.07, 6.45) is 0.0676. The molecule has 8 heteroatoms. The van der Waals surface area contributed by atoms with E-state index < -0.39 is 35.6 Å². The zero-order valence-corrected chi connectivity index (χ0v) is 18.5. The number of fused-ring (bicyclic) bond motifs is 2. The molecule has 8 nitrogen and oxygen atoms in total. The molecule has 0 aromatic heterocycles. The number of nitrogens with zero attached hydrogens (tertiary/aromatic N) is 2. The van der Waals surface area contributed by atoms with E-state index in [1.54, 1.807) is 72.8 Å². The first-order valence-electron chi connectivity index (χ1n) is 11.1. The van der Waals surface area contributed by atoms with Gasteiger partial charge in [0.05, 0.1) is 28.8 Å². The number of ether oxygens (including phenoxy) is 1. The molecule has 2 aliphatic heterocycles. The van der Waals surface area contributed by atoms with Gasteiger partial charge < -0.3 is 4.74 Å². The molecule has 5 rings (SSSR count). The summed E-state index contributed by atoms with van der Waals surface area (Å²) in [5.41, 5.74) is 1.81. The Morgan fingerprint density at radius 1 is 0.657 bits per heavy atom. The maximum absolute atomic E-state index is 13.2. The monoisotopic (exact) mass is 468 g/mol. The third kappa shape index (κ3) is 3.89. The van der Waals surface area contributed by atoms with E-state index in [1.165, 1.54) is 0 Å². The molecule has 1 unspecified atom stereocenters. The van der Waals surface area contributed by atoms with Gasteiger partial charge in [-0.15, -0.1) is 0 Å². The molecule has 0 fully saturated rings. The number of hydrogen-bond acceptors (Lipinski definition) is 6. The van der Waals surface area contributed by atoms with Crippen LogP contribution in [0.4, 0.5) is 0 Å². The van der Waals surface area contributed by atoms with E-state index >= 15 is 0 Å². The molecule has 4 amide bonds. The Kier molecular flexibility index (Phi) is 5.70. The Morgan fingerprint density at radius 2 is 1.11 bits per heavy atom. The number of benzene rings is 3. The Labute approximate surface area is 200 Å². The molecule has 2 heterocycles. The SMILES string of the molecule is O=C(OCCN1C(=O)c2ccccc2C1=O)C(Cc1ccccc1)N1C(=O)c2ccccc2C1=O. The van der Waals surface area contributed by atoms with E-state index in [-0.39, 0.29) is 30.7 Å². The number of rotatable bonds is 7. The number of carbonyl (C=O) groups excluding carboxylic acids is 5. The van der Waals surface area contributed by atoms with Crippen LogP contribution in [0.3, 0.4) is 0 Å². The molecule has 0 spiro atoms. The summed E-state index contributed by atoms with van der Waals surface area (Å²) in [5, 5.41) is 0. The standard InChI is InChI=1S/C27H20N2O6/c30-23-18-10-4-5-11-19(18)24(31)28(23)14-15-35-27(34)22(16-17-8-2-1-3-9-17)29-25(32)20-12-6-7-13-21(20)26(29)33/h1-13,22H,14-16H2. The molecule has 0 radical (unpaired) electrons. The van der Waals surface area contributed by atoms with Crippen molar-refractivity contribution in [1.29, 1.82) is 0 Å². The van der Waals surface area contributed by atoms with Crippen molar-refractivity contribution in [2.75, 3.05) is 13.2 Å². The lowest BCUT2D eigenvalue weighted by atomic mass is 10.0. The first-order valence-corrected chi connectivity index (χ1v) is 11.1. The van der Waals surface area contributed by atoms with Crippen molar-refractivity contribution in [3.05, 3.63) is 107 Å². The highest BCUT2D eigenvalue weighted by Crippen LogP contribution is 2.27. The molecule has 174 valence electrons. The maximum Gasteiger partial charge on any atom is 0.329 e. The third-order valence-electron chi connectivity index (χ3n) is 6.12. The summed E-state index contributed by atoms with van der Waals surface area (Å²) in [6, 6.07) is 20.7. The third-order valence-corrected chi connectivity index (χ3v) is 6.12. The normalized spacial score (nSPS) is 15.3. The predicted molar refractivity (Wildman–Crippen MR) is 124 cm³/mol. The van der Waals surface area contributed by atoms with Crippen molar-refractivity contribution in [3.8, 4) is 0 Å². The van der Waals surface area contributed by atoms with Crippen molar-refractivity contribution < 1.29 is 28.7 Å². The molecule has 1 atom stereocenters. The van der Waals surface area contributed by atoms with Crippen molar-refractivity contribution in [2.24, 2.45) is 0 Å². The summed E-state index contributed by atoms with van der Waals surface area (Å²) in [6.45, 7) is -0.406. The van der Waals surface area contributed by atoms with Gasteiger partial charge in [0.15, 0.2) is 0 Å². The van der Waals surface area contributed by atoms with Gasteiger partial charge in [-0.2, -0.15) is 0 Å². The lowest BCUT2D eigenvalue weighted by Crippen LogP contribution is -2.47. The lowest BCUT2D eigenvalue weighted by Gasteiger charge is -2.25. The van der Waals surface area contributed by atoms with Crippen molar-refractivity contribution in [3.63, 3.8) is 0 Å². The summed E-state index contributed by atoms with van der Waals surface area (Å²) in [7, 11) is 0. The van der Waals surface area contributed by atoms with Crippen LogP contribution >= 0.6 is 0 Å². The van der Waals surface area contributed by atoms with E-state index in [1.807, 2.05) is 6.07 Å². The van der Waals surface area contributed by atoms with E-state index in [4.69, 9.17) is 4.74 Å². The van der Waals surface area contributed by atoms with Gasteiger partial charge in [-0.05, 0) is 29.8 Å². The lowest BCUT2D eigenvalue weighted by molar-refractivity contribution is -0.148. The molecule has 35 heavy (non-hydrogen) atoms. The van der Waals surface area contributed by atoms with Crippen LogP contribution in [0.5, 0.6) is 0 Å². The highest BCUT2D eigenvalue weighted by atomic mass is 16.5. The van der Waals surface area contributed by atoms with Crippen LogP contribution in [-0.2, 0) is 16.0 Å². The summed E-state index contributed by atoms with van der Waals surface area (Å²) in [5.74, 6) is -2.83. The number of hydrogen-bond donors (Lipinski definition) is 0. The van der Waals surface area contributed by atoms with E-state index in [9.17, 15) is 24.0 Å². The van der Waals surface area contributed by atoms with Crippen molar-refractivity contribution in [1.82, 2.24) is 9.80 Å². The molecule has 0 saturated heterocycles. The van der Waals surface area contributed by atoms with Crippen LogP contribution in [0.15, 0.2) is 78.9 Å². The topological polar surface area (TPSA) is 101 Å². The van der Waals surface area contributed by atoms with Gasteiger partial charge in [0.2, 0.25) is 0 Å². The minimum absolute atomic E-state index is 0.0676. The molecule has 0 N–H and O–H groups in total. The van der Waals surface area contributed by atoms with Crippen LogP contribution in [0.25, 0.3) is 0 Å². The van der Waals surface area contributed by atoms with Gasteiger partial charge in [-0.1, -0.05) is 54.6 Å². The van der Waals surface area contributed by atoms with Gasteiger partial charge in [-0.25, -0.2) is 4.79 Å². The summed E-state index contributed by atoms with van der Waals surface area (Å²) < 4.78 is 5.41. The van der Waals surface area contributed by atoms with Gasteiger partial charge in [-0.3, -0.25) is 29.0 Å². The molecule has 0 bridgehead atoms. The fourth-order valence-corrected chi connectivity index (χ4v) is 4.38. The van der Waals surface area contributed by atoms with Crippen LogP contribution < -0.4 is 0 Å². The molecule has 2 aliphatic rings. The molecule has 0 aliphatic carbocycles. The molecule has 3 aromatic rings. The zero-order valence-electron chi connectivity index (χ0n) is 18.5. The number of carbonyl (C=O) groups is 5. The Bertz CT molecular complexity index is 1300. The quantitative estimate of drug-likeness (QED) is 0.390. The second-order valence-corrected chi connectivity index (χ2v) is 8.21. The average molecular weight is 468 g/mol.